The average Bonchev–Trinajstić information content (AvgIpc) is 2.23. The number of hydrogen-bond acceptors (Lipinski definition) is 6. The molecule has 122 valence electrons. The van der Waals surface area contributed by atoms with Gasteiger partial charge in [0.1, 0.15) is 0 Å². The van der Waals surface area contributed by atoms with Crippen molar-refractivity contribution in [3.8, 4) is 0 Å². The second kappa shape index (κ2) is 10.3. The molecule has 0 spiro atoms. The van der Waals surface area contributed by atoms with E-state index in [9.17, 15) is 14.4 Å². The summed E-state index contributed by atoms with van der Waals surface area (Å²) < 4.78 is 16.7. The van der Waals surface area contributed by atoms with Crippen LogP contribution in [0.3, 0.4) is 0 Å². The second-order valence-corrected chi connectivity index (χ2v) is 8.46. The van der Waals surface area contributed by atoms with Crippen molar-refractivity contribution in [3.05, 3.63) is 35.5 Å². The first-order valence-electron chi connectivity index (χ1n) is 6.50. The fraction of sp³-hybridized carbons (Fsp3) is 0.400. The van der Waals surface area contributed by atoms with Crippen molar-refractivity contribution in [2.75, 3.05) is 0 Å². The standard InChI is InChI=1S/3C5H8O2.Bi/c3*1-4(6)3-5(2)7;/h3*3,6H,1-2H3;/q;;;+3/p-3/b3*4-3-;. The molecule has 0 atom stereocenters. The van der Waals surface area contributed by atoms with Crippen molar-refractivity contribution < 1.29 is 22.8 Å². The minimum absolute atomic E-state index is 0.159. The molecule has 0 saturated carbocycles. The van der Waals surface area contributed by atoms with Crippen molar-refractivity contribution in [2.45, 2.75) is 41.5 Å². The van der Waals surface area contributed by atoms with E-state index < -0.39 is 23.1 Å². The van der Waals surface area contributed by atoms with Crippen LogP contribution < -0.4 is 0 Å². The molecule has 0 fully saturated rings. The fourth-order valence-electron chi connectivity index (χ4n) is 1.35. The van der Waals surface area contributed by atoms with Crippen molar-refractivity contribution in [1.82, 2.24) is 0 Å². The third-order valence-corrected chi connectivity index (χ3v) is 6.97. The van der Waals surface area contributed by atoms with Gasteiger partial charge in [0.05, 0.1) is 0 Å². The molecule has 0 aliphatic heterocycles. The molecule has 0 aromatic rings. The van der Waals surface area contributed by atoms with E-state index in [1.54, 1.807) is 20.8 Å². The van der Waals surface area contributed by atoms with E-state index in [4.69, 9.17) is 8.44 Å². The van der Waals surface area contributed by atoms with Crippen LogP contribution in [0.25, 0.3) is 0 Å². The first kappa shape index (κ1) is 20.5. The van der Waals surface area contributed by atoms with E-state index in [0.717, 1.165) is 0 Å². The maximum atomic E-state index is 11.0. The summed E-state index contributed by atoms with van der Waals surface area (Å²) in [6.07, 6.45) is 3.97. The van der Waals surface area contributed by atoms with E-state index in [-0.39, 0.29) is 17.3 Å². The van der Waals surface area contributed by atoms with Crippen LogP contribution in [-0.2, 0) is 22.8 Å². The van der Waals surface area contributed by atoms with E-state index in [1.165, 1.54) is 39.0 Å². The zero-order valence-electron chi connectivity index (χ0n) is 13.6. The van der Waals surface area contributed by atoms with Gasteiger partial charge < -0.3 is 0 Å². The normalized spacial score (nSPS) is 13.0. The number of rotatable bonds is 9. The van der Waals surface area contributed by atoms with E-state index in [0.29, 0.717) is 17.3 Å². The van der Waals surface area contributed by atoms with Gasteiger partial charge >= 0.3 is 140 Å². The van der Waals surface area contributed by atoms with E-state index in [1.807, 2.05) is 0 Å². The van der Waals surface area contributed by atoms with Gasteiger partial charge in [0.2, 0.25) is 0 Å². The Morgan fingerprint density at radius 1 is 0.591 bits per heavy atom. The average molecular weight is 506 g/mol. The number of hydrogen-bond donors (Lipinski definition) is 0. The Morgan fingerprint density at radius 3 is 1.00 bits per heavy atom. The predicted molar refractivity (Wildman–Crippen MR) is 82.3 cm³/mol. The maximum absolute atomic E-state index is 11.0. The molecule has 0 aliphatic carbocycles. The van der Waals surface area contributed by atoms with Crippen LogP contribution in [0.4, 0.5) is 0 Å². The zero-order chi connectivity index (χ0) is 17.3. The Morgan fingerprint density at radius 2 is 0.818 bits per heavy atom. The van der Waals surface area contributed by atoms with Gasteiger partial charge in [0.15, 0.2) is 0 Å². The molecule has 0 aliphatic rings. The Labute approximate surface area is 140 Å². The van der Waals surface area contributed by atoms with Gasteiger partial charge in [-0.15, -0.1) is 0 Å². The predicted octanol–water partition coefficient (Wildman–Crippen LogP) is 2.50. The molecule has 0 N–H and O–H groups in total. The van der Waals surface area contributed by atoms with Crippen molar-refractivity contribution in [3.63, 3.8) is 0 Å². The summed E-state index contributed by atoms with van der Waals surface area (Å²) in [4.78, 5) is 33.1. The van der Waals surface area contributed by atoms with Gasteiger partial charge in [-0.2, -0.15) is 0 Å². The van der Waals surface area contributed by atoms with Gasteiger partial charge in [0, 0.05) is 0 Å². The van der Waals surface area contributed by atoms with Gasteiger partial charge in [0.25, 0.3) is 0 Å². The molecular formula is C15H21BiO6. The third kappa shape index (κ3) is 11.2. The van der Waals surface area contributed by atoms with Gasteiger partial charge in [-0.1, -0.05) is 0 Å². The van der Waals surface area contributed by atoms with Crippen molar-refractivity contribution in [1.29, 1.82) is 0 Å². The zero-order valence-corrected chi connectivity index (χ0v) is 17.1. The Bertz CT molecular complexity index is 454. The molecule has 0 aromatic heterocycles. The van der Waals surface area contributed by atoms with Gasteiger partial charge in [-0.3, -0.25) is 0 Å². The molecule has 0 rings (SSSR count). The minimum atomic E-state index is -3.46. The number of ketones is 3. The van der Waals surface area contributed by atoms with Crippen molar-refractivity contribution >= 4 is 40.4 Å². The molecule has 0 bridgehead atoms. The van der Waals surface area contributed by atoms with Crippen LogP contribution in [-0.4, -0.2) is 40.4 Å². The van der Waals surface area contributed by atoms with Crippen molar-refractivity contribution in [2.24, 2.45) is 0 Å². The Hall–Kier alpha value is -1.49. The second-order valence-electron chi connectivity index (χ2n) is 4.59. The summed E-state index contributed by atoms with van der Waals surface area (Å²) in [5, 5.41) is 0. The molecule has 0 aromatic carbocycles. The Kier molecular flexibility index (Phi) is 9.58. The first-order valence-corrected chi connectivity index (χ1v) is 10.8. The van der Waals surface area contributed by atoms with Gasteiger partial charge in [-0.05, 0) is 0 Å². The van der Waals surface area contributed by atoms with Crippen LogP contribution >= 0.6 is 0 Å². The summed E-state index contributed by atoms with van der Waals surface area (Å²) in [6, 6.07) is 0. The molecule has 22 heavy (non-hydrogen) atoms. The topological polar surface area (TPSA) is 78.9 Å². The Balaban J connectivity index is 5.10. The number of allylic oxidation sites excluding steroid dienone is 6. The van der Waals surface area contributed by atoms with Crippen LogP contribution in [0.2, 0.25) is 0 Å². The van der Waals surface area contributed by atoms with Crippen LogP contribution in [0.15, 0.2) is 35.5 Å². The summed E-state index contributed by atoms with van der Waals surface area (Å²) >= 11 is -3.46. The first-order chi connectivity index (χ1) is 10.1. The number of carbonyl (C=O) groups excluding carboxylic acids is 3. The molecule has 6 nitrogen and oxygen atoms in total. The summed E-state index contributed by atoms with van der Waals surface area (Å²) in [5.41, 5.74) is 0. The summed E-state index contributed by atoms with van der Waals surface area (Å²) in [6.45, 7) is 9.06. The summed E-state index contributed by atoms with van der Waals surface area (Å²) in [5.74, 6) is 0.639. The van der Waals surface area contributed by atoms with Crippen LogP contribution in [0.5, 0.6) is 0 Å². The molecule has 0 amide bonds. The molecular weight excluding hydrogens is 485 g/mol. The number of carbonyl (C=O) groups is 3. The molecule has 0 radical (unpaired) electrons. The molecule has 0 saturated heterocycles. The third-order valence-electron chi connectivity index (χ3n) is 1.88. The van der Waals surface area contributed by atoms with Gasteiger partial charge in [-0.25, -0.2) is 0 Å². The fourth-order valence-corrected chi connectivity index (χ4v) is 5.14. The van der Waals surface area contributed by atoms with E-state index in [2.05, 4.69) is 0 Å². The molecule has 0 heterocycles. The molecule has 0 unspecified atom stereocenters. The molecule has 7 heteroatoms. The van der Waals surface area contributed by atoms with Crippen LogP contribution in [0, 0.1) is 0 Å². The quantitative estimate of drug-likeness (QED) is 0.272. The summed E-state index contributed by atoms with van der Waals surface area (Å²) in [7, 11) is 0. The SMILES string of the molecule is CC(=O)/C=C(/C)[O][Bi]([O]/C(C)=C\C(C)=O)[O]/C(C)=C\C(C)=O. The van der Waals surface area contributed by atoms with E-state index >= 15 is 0 Å². The monoisotopic (exact) mass is 506 g/mol. The van der Waals surface area contributed by atoms with Crippen LogP contribution in [0.1, 0.15) is 41.5 Å².